The molecule has 0 saturated carbocycles. The molecule has 2 unspecified atom stereocenters. The smallest absolute Gasteiger partial charge is 0.0826 e. The highest BCUT2D eigenvalue weighted by molar-refractivity contribution is 5.87. The zero-order valence-electron chi connectivity index (χ0n) is 11.6. The van der Waals surface area contributed by atoms with Crippen LogP contribution in [-0.2, 0) is 0 Å². The van der Waals surface area contributed by atoms with Crippen molar-refractivity contribution in [2.24, 2.45) is 11.8 Å². The second-order valence-corrected chi connectivity index (χ2v) is 5.57. The molecule has 1 heteroatoms. The van der Waals surface area contributed by atoms with Crippen molar-refractivity contribution in [3.63, 3.8) is 0 Å². The molecule has 0 aliphatic carbocycles. The quantitative estimate of drug-likeness (QED) is 0.841. The van der Waals surface area contributed by atoms with Crippen LogP contribution in [0.1, 0.15) is 38.0 Å². The highest BCUT2D eigenvalue weighted by Crippen LogP contribution is 2.34. The molecule has 0 fully saturated rings. The van der Waals surface area contributed by atoms with E-state index < -0.39 is 6.10 Å². The first kappa shape index (κ1) is 13.1. The van der Waals surface area contributed by atoms with E-state index in [9.17, 15) is 5.11 Å². The van der Waals surface area contributed by atoms with Crippen molar-refractivity contribution in [1.82, 2.24) is 0 Å². The van der Waals surface area contributed by atoms with Gasteiger partial charge in [-0.3, -0.25) is 0 Å². The van der Waals surface area contributed by atoms with Crippen LogP contribution < -0.4 is 0 Å². The highest BCUT2D eigenvalue weighted by Gasteiger charge is 2.22. The van der Waals surface area contributed by atoms with Gasteiger partial charge in [0.25, 0.3) is 0 Å². The number of rotatable bonds is 3. The van der Waals surface area contributed by atoms with E-state index in [1.165, 1.54) is 16.3 Å². The average Bonchev–Trinajstić information content (AvgIpc) is 2.37. The van der Waals surface area contributed by atoms with Crippen LogP contribution in [0.5, 0.6) is 0 Å². The van der Waals surface area contributed by atoms with Crippen molar-refractivity contribution in [1.29, 1.82) is 0 Å². The maximum absolute atomic E-state index is 10.6. The fourth-order valence-electron chi connectivity index (χ4n) is 2.42. The van der Waals surface area contributed by atoms with Crippen LogP contribution in [0.2, 0.25) is 0 Å². The lowest BCUT2D eigenvalue weighted by atomic mass is 9.84. The van der Waals surface area contributed by atoms with Gasteiger partial charge in [0.15, 0.2) is 0 Å². The van der Waals surface area contributed by atoms with Gasteiger partial charge in [0.1, 0.15) is 0 Å². The van der Waals surface area contributed by atoms with E-state index in [1.807, 2.05) is 12.1 Å². The molecule has 0 amide bonds. The summed E-state index contributed by atoms with van der Waals surface area (Å²) >= 11 is 0. The van der Waals surface area contributed by atoms with Gasteiger partial charge in [-0.15, -0.1) is 0 Å². The number of aliphatic hydroxyl groups excluding tert-OH is 1. The van der Waals surface area contributed by atoms with Crippen molar-refractivity contribution in [2.45, 2.75) is 33.8 Å². The van der Waals surface area contributed by atoms with Crippen molar-refractivity contribution >= 4 is 10.8 Å². The molecule has 0 aliphatic heterocycles. The van der Waals surface area contributed by atoms with Crippen LogP contribution >= 0.6 is 0 Å². The molecule has 0 aromatic heterocycles. The Morgan fingerprint density at radius 1 is 0.944 bits per heavy atom. The number of fused-ring (bicyclic) bond motifs is 1. The molecule has 2 atom stereocenters. The molecule has 0 saturated heterocycles. The van der Waals surface area contributed by atoms with Gasteiger partial charge in [0, 0.05) is 0 Å². The fourth-order valence-corrected chi connectivity index (χ4v) is 2.42. The molecule has 2 aromatic rings. The molecule has 0 bridgehead atoms. The Bertz CT molecular complexity index is 542. The molecular formula is C17H22O. The number of aryl methyl sites for hydroxylation is 1. The summed E-state index contributed by atoms with van der Waals surface area (Å²) in [6.07, 6.45) is -0.393. The third-order valence-electron chi connectivity index (χ3n) is 4.03. The molecule has 18 heavy (non-hydrogen) atoms. The third-order valence-corrected chi connectivity index (χ3v) is 4.03. The SMILES string of the molecule is Cc1ccc2ccccc2c1C(O)C(C)C(C)C. The Morgan fingerprint density at radius 3 is 2.28 bits per heavy atom. The van der Waals surface area contributed by atoms with Gasteiger partial charge in [-0.2, -0.15) is 0 Å². The molecule has 0 heterocycles. The van der Waals surface area contributed by atoms with Crippen LogP contribution in [0, 0.1) is 18.8 Å². The van der Waals surface area contributed by atoms with E-state index in [2.05, 4.69) is 52.0 Å². The van der Waals surface area contributed by atoms with Gasteiger partial charge in [0.05, 0.1) is 6.10 Å². The van der Waals surface area contributed by atoms with E-state index in [4.69, 9.17) is 0 Å². The molecule has 0 spiro atoms. The van der Waals surface area contributed by atoms with Gasteiger partial charge < -0.3 is 5.11 Å². The fraction of sp³-hybridized carbons (Fsp3) is 0.412. The predicted octanol–water partition coefficient (Wildman–Crippen LogP) is 4.47. The van der Waals surface area contributed by atoms with E-state index in [0.29, 0.717) is 5.92 Å². The van der Waals surface area contributed by atoms with Gasteiger partial charge in [-0.1, -0.05) is 57.2 Å². The van der Waals surface area contributed by atoms with Crippen LogP contribution in [0.15, 0.2) is 36.4 Å². The minimum atomic E-state index is -0.393. The Hall–Kier alpha value is -1.34. The van der Waals surface area contributed by atoms with Gasteiger partial charge >= 0.3 is 0 Å². The van der Waals surface area contributed by atoms with E-state index >= 15 is 0 Å². The number of hydrogen-bond donors (Lipinski definition) is 1. The maximum atomic E-state index is 10.6. The first-order valence-corrected chi connectivity index (χ1v) is 6.68. The molecule has 0 aliphatic rings. The van der Waals surface area contributed by atoms with Crippen molar-refractivity contribution in [3.05, 3.63) is 47.5 Å². The van der Waals surface area contributed by atoms with Crippen molar-refractivity contribution in [2.75, 3.05) is 0 Å². The summed E-state index contributed by atoms with van der Waals surface area (Å²) in [4.78, 5) is 0. The third kappa shape index (κ3) is 2.28. The lowest BCUT2D eigenvalue weighted by molar-refractivity contribution is 0.0929. The lowest BCUT2D eigenvalue weighted by Crippen LogP contribution is -2.16. The summed E-state index contributed by atoms with van der Waals surface area (Å²) < 4.78 is 0. The van der Waals surface area contributed by atoms with Crippen LogP contribution in [-0.4, -0.2) is 5.11 Å². The molecule has 0 radical (unpaired) electrons. The zero-order chi connectivity index (χ0) is 13.3. The van der Waals surface area contributed by atoms with Crippen molar-refractivity contribution < 1.29 is 5.11 Å². The summed E-state index contributed by atoms with van der Waals surface area (Å²) in [5.41, 5.74) is 2.27. The molecular weight excluding hydrogens is 220 g/mol. The van der Waals surface area contributed by atoms with Gasteiger partial charge in [0.2, 0.25) is 0 Å². The van der Waals surface area contributed by atoms with E-state index in [-0.39, 0.29) is 5.92 Å². The summed E-state index contributed by atoms with van der Waals surface area (Å²) in [7, 11) is 0. The standard InChI is InChI=1S/C17H22O/c1-11(2)13(4)17(18)16-12(3)9-10-14-7-5-6-8-15(14)16/h5-11,13,17-18H,1-4H3. The largest absolute Gasteiger partial charge is 0.388 e. The summed E-state index contributed by atoms with van der Waals surface area (Å²) in [5.74, 6) is 0.730. The number of benzene rings is 2. The van der Waals surface area contributed by atoms with E-state index in [1.54, 1.807) is 0 Å². The number of hydrogen-bond acceptors (Lipinski definition) is 1. The first-order chi connectivity index (χ1) is 8.52. The predicted molar refractivity (Wildman–Crippen MR) is 77.6 cm³/mol. The Kier molecular flexibility index (Phi) is 3.72. The summed E-state index contributed by atoms with van der Waals surface area (Å²) in [6.45, 7) is 8.53. The monoisotopic (exact) mass is 242 g/mol. The maximum Gasteiger partial charge on any atom is 0.0826 e. The Balaban J connectivity index is 2.58. The van der Waals surface area contributed by atoms with E-state index in [0.717, 1.165) is 5.56 Å². The summed E-state index contributed by atoms with van der Waals surface area (Å²) in [6, 6.07) is 12.5. The first-order valence-electron chi connectivity index (χ1n) is 6.68. The lowest BCUT2D eigenvalue weighted by Gasteiger charge is -2.25. The second kappa shape index (κ2) is 5.11. The van der Waals surface area contributed by atoms with Crippen LogP contribution in [0.3, 0.4) is 0 Å². The highest BCUT2D eigenvalue weighted by atomic mass is 16.3. The van der Waals surface area contributed by atoms with Crippen LogP contribution in [0.4, 0.5) is 0 Å². The molecule has 96 valence electrons. The minimum absolute atomic E-state index is 0.259. The summed E-state index contributed by atoms with van der Waals surface area (Å²) in [5, 5.41) is 13.0. The molecule has 1 nitrogen and oxygen atoms in total. The van der Waals surface area contributed by atoms with Gasteiger partial charge in [-0.25, -0.2) is 0 Å². The zero-order valence-corrected chi connectivity index (χ0v) is 11.6. The second-order valence-electron chi connectivity index (χ2n) is 5.57. The molecule has 2 rings (SSSR count). The average molecular weight is 242 g/mol. The van der Waals surface area contributed by atoms with Gasteiger partial charge in [-0.05, 0) is 40.7 Å². The Morgan fingerprint density at radius 2 is 1.61 bits per heavy atom. The number of aliphatic hydroxyl groups is 1. The Labute approximate surface area is 109 Å². The molecule has 1 N–H and O–H groups in total. The topological polar surface area (TPSA) is 20.2 Å². The van der Waals surface area contributed by atoms with Crippen LogP contribution in [0.25, 0.3) is 10.8 Å². The minimum Gasteiger partial charge on any atom is -0.388 e. The molecule has 2 aromatic carbocycles. The normalized spacial score (nSPS) is 15.0. The van der Waals surface area contributed by atoms with Crippen molar-refractivity contribution in [3.8, 4) is 0 Å².